The molecule has 0 spiro atoms. The van der Waals surface area contributed by atoms with Gasteiger partial charge < -0.3 is 5.32 Å². The molecule has 1 rings (SSSR count). The highest BCUT2D eigenvalue weighted by Gasteiger charge is 2.05. The van der Waals surface area contributed by atoms with E-state index in [4.69, 9.17) is 5.26 Å². The van der Waals surface area contributed by atoms with Gasteiger partial charge in [0, 0.05) is 16.4 Å². The van der Waals surface area contributed by atoms with Crippen molar-refractivity contribution < 1.29 is 0 Å². The molecule has 1 heterocycles. The predicted octanol–water partition coefficient (Wildman–Crippen LogP) is 2.83. The summed E-state index contributed by atoms with van der Waals surface area (Å²) in [7, 11) is 0. The van der Waals surface area contributed by atoms with Gasteiger partial charge in [-0.3, -0.25) is 0 Å². The summed E-state index contributed by atoms with van der Waals surface area (Å²) in [5, 5.41) is 13.0. The number of hydrogen-bond acceptors (Lipinski definition) is 4. The molecule has 86 valence electrons. The van der Waals surface area contributed by atoms with Crippen molar-refractivity contribution in [1.29, 1.82) is 5.26 Å². The van der Waals surface area contributed by atoms with Crippen LogP contribution in [-0.4, -0.2) is 23.3 Å². The first-order chi connectivity index (χ1) is 7.76. The first-order valence-corrected chi connectivity index (χ1v) is 6.91. The SMILES string of the molecule is CCNC(C#N)CCSc1ccc(Br)cn1. The third-order valence-electron chi connectivity index (χ3n) is 1.96. The van der Waals surface area contributed by atoms with Crippen molar-refractivity contribution in [1.82, 2.24) is 10.3 Å². The molecule has 1 aromatic heterocycles. The molecule has 0 saturated heterocycles. The number of nitriles is 1. The van der Waals surface area contributed by atoms with Gasteiger partial charge in [0.1, 0.15) is 0 Å². The molecule has 0 aliphatic heterocycles. The zero-order valence-electron chi connectivity index (χ0n) is 9.11. The topological polar surface area (TPSA) is 48.7 Å². The fourth-order valence-electron chi connectivity index (χ4n) is 1.19. The van der Waals surface area contributed by atoms with E-state index in [1.54, 1.807) is 18.0 Å². The number of aromatic nitrogens is 1. The maximum absolute atomic E-state index is 8.85. The second kappa shape index (κ2) is 7.66. The fraction of sp³-hybridized carbons (Fsp3) is 0.455. The third kappa shape index (κ3) is 4.97. The van der Waals surface area contributed by atoms with E-state index in [0.29, 0.717) is 0 Å². The van der Waals surface area contributed by atoms with Crippen LogP contribution in [0.3, 0.4) is 0 Å². The lowest BCUT2D eigenvalue weighted by molar-refractivity contribution is 0.613. The first-order valence-electron chi connectivity index (χ1n) is 5.13. The van der Waals surface area contributed by atoms with Gasteiger partial charge in [-0.25, -0.2) is 4.98 Å². The highest BCUT2D eigenvalue weighted by Crippen LogP contribution is 2.18. The van der Waals surface area contributed by atoms with Crippen LogP contribution < -0.4 is 5.32 Å². The predicted molar refractivity (Wildman–Crippen MR) is 70.4 cm³/mol. The molecule has 0 fully saturated rings. The maximum atomic E-state index is 8.85. The van der Waals surface area contributed by atoms with Crippen LogP contribution in [0.2, 0.25) is 0 Å². The number of thioether (sulfide) groups is 1. The summed E-state index contributed by atoms with van der Waals surface area (Å²) in [6.07, 6.45) is 2.63. The molecule has 1 atom stereocenters. The minimum atomic E-state index is -0.0482. The number of nitrogens with one attached hydrogen (secondary N) is 1. The van der Waals surface area contributed by atoms with Gasteiger partial charge in [0.15, 0.2) is 0 Å². The molecule has 0 aliphatic rings. The Kier molecular flexibility index (Phi) is 6.46. The van der Waals surface area contributed by atoms with E-state index in [1.165, 1.54) is 0 Å². The molecule has 5 heteroatoms. The summed E-state index contributed by atoms with van der Waals surface area (Å²) in [6, 6.07) is 6.15. The van der Waals surface area contributed by atoms with E-state index in [1.807, 2.05) is 19.1 Å². The molecular weight excluding hydrogens is 286 g/mol. The zero-order chi connectivity index (χ0) is 11.8. The normalized spacial score (nSPS) is 12.1. The maximum Gasteiger partial charge on any atom is 0.0960 e. The quantitative estimate of drug-likeness (QED) is 0.821. The number of nitrogens with zero attached hydrogens (tertiary/aromatic N) is 2. The summed E-state index contributed by atoms with van der Waals surface area (Å²) >= 11 is 5.02. The molecule has 1 N–H and O–H groups in total. The second-order valence-electron chi connectivity index (χ2n) is 3.19. The lowest BCUT2D eigenvalue weighted by atomic mass is 10.2. The number of pyridine rings is 1. The fourth-order valence-corrected chi connectivity index (χ4v) is 2.28. The van der Waals surface area contributed by atoms with Crippen LogP contribution in [0.25, 0.3) is 0 Å². The Bertz CT molecular complexity index is 347. The average Bonchev–Trinajstić information content (AvgIpc) is 2.30. The van der Waals surface area contributed by atoms with Gasteiger partial charge in [-0.05, 0) is 41.0 Å². The van der Waals surface area contributed by atoms with Crippen molar-refractivity contribution in [2.24, 2.45) is 0 Å². The van der Waals surface area contributed by atoms with Crippen molar-refractivity contribution in [3.63, 3.8) is 0 Å². The van der Waals surface area contributed by atoms with Gasteiger partial charge in [0.25, 0.3) is 0 Å². The Balaban J connectivity index is 2.30. The summed E-state index contributed by atoms with van der Waals surface area (Å²) < 4.78 is 0.986. The molecule has 0 bridgehead atoms. The molecule has 0 saturated carbocycles. The van der Waals surface area contributed by atoms with Crippen LogP contribution in [0.4, 0.5) is 0 Å². The molecule has 16 heavy (non-hydrogen) atoms. The summed E-state index contributed by atoms with van der Waals surface area (Å²) in [6.45, 7) is 2.84. The lowest BCUT2D eigenvalue weighted by Crippen LogP contribution is -2.27. The van der Waals surface area contributed by atoms with E-state index in [2.05, 4.69) is 32.3 Å². The molecule has 0 amide bonds. The summed E-state index contributed by atoms with van der Waals surface area (Å²) in [5.74, 6) is 0.903. The van der Waals surface area contributed by atoms with E-state index in [0.717, 1.165) is 28.2 Å². The van der Waals surface area contributed by atoms with Crippen LogP contribution in [0, 0.1) is 11.3 Å². The number of hydrogen-bond donors (Lipinski definition) is 1. The molecule has 1 aromatic rings. The Labute approximate surface area is 109 Å². The van der Waals surface area contributed by atoms with Crippen LogP contribution in [0.15, 0.2) is 27.8 Å². The van der Waals surface area contributed by atoms with Crippen LogP contribution in [0.1, 0.15) is 13.3 Å². The Hall–Kier alpha value is -0.570. The number of rotatable bonds is 6. The Morgan fingerprint density at radius 1 is 1.62 bits per heavy atom. The largest absolute Gasteiger partial charge is 0.302 e. The van der Waals surface area contributed by atoms with Gasteiger partial charge >= 0.3 is 0 Å². The third-order valence-corrected chi connectivity index (χ3v) is 3.41. The van der Waals surface area contributed by atoms with Crippen molar-refractivity contribution in [2.45, 2.75) is 24.4 Å². The standard InChI is InChI=1S/C11H14BrN3S/c1-2-14-10(7-13)5-6-16-11-4-3-9(12)8-15-11/h3-4,8,10,14H,2,5-6H2,1H3. The van der Waals surface area contributed by atoms with E-state index < -0.39 is 0 Å². The van der Waals surface area contributed by atoms with Crippen LogP contribution in [0.5, 0.6) is 0 Å². The Morgan fingerprint density at radius 2 is 2.44 bits per heavy atom. The highest BCUT2D eigenvalue weighted by molar-refractivity contribution is 9.10. The Morgan fingerprint density at radius 3 is 3.00 bits per heavy atom. The van der Waals surface area contributed by atoms with Crippen LogP contribution in [-0.2, 0) is 0 Å². The van der Waals surface area contributed by atoms with Crippen molar-refractivity contribution in [3.05, 3.63) is 22.8 Å². The monoisotopic (exact) mass is 299 g/mol. The van der Waals surface area contributed by atoms with Crippen LogP contribution >= 0.6 is 27.7 Å². The first kappa shape index (κ1) is 13.5. The molecule has 0 aliphatic carbocycles. The van der Waals surface area contributed by atoms with Crippen molar-refractivity contribution >= 4 is 27.7 Å². The van der Waals surface area contributed by atoms with Gasteiger partial charge in [-0.15, -0.1) is 11.8 Å². The molecule has 3 nitrogen and oxygen atoms in total. The average molecular weight is 300 g/mol. The second-order valence-corrected chi connectivity index (χ2v) is 5.22. The zero-order valence-corrected chi connectivity index (χ0v) is 11.5. The van der Waals surface area contributed by atoms with E-state index in [-0.39, 0.29) is 6.04 Å². The van der Waals surface area contributed by atoms with Gasteiger partial charge in [-0.2, -0.15) is 5.26 Å². The van der Waals surface area contributed by atoms with E-state index >= 15 is 0 Å². The summed E-state index contributed by atoms with van der Waals surface area (Å²) in [5.41, 5.74) is 0. The minimum Gasteiger partial charge on any atom is -0.302 e. The van der Waals surface area contributed by atoms with Crippen molar-refractivity contribution in [3.8, 4) is 6.07 Å². The van der Waals surface area contributed by atoms with Crippen molar-refractivity contribution in [2.75, 3.05) is 12.3 Å². The minimum absolute atomic E-state index is 0.0482. The number of halogens is 1. The van der Waals surface area contributed by atoms with E-state index in [9.17, 15) is 0 Å². The molecular formula is C11H14BrN3S. The van der Waals surface area contributed by atoms with Gasteiger partial charge in [-0.1, -0.05) is 6.92 Å². The molecule has 0 aromatic carbocycles. The smallest absolute Gasteiger partial charge is 0.0960 e. The molecule has 1 unspecified atom stereocenters. The molecule has 0 radical (unpaired) electrons. The van der Waals surface area contributed by atoms with Gasteiger partial charge in [0.05, 0.1) is 17.1 Å². The highest BCUT2D eigenvalue weighted by atomic mass is 79.9. The summed E-state index contributed by atoms with van der Waals surface area (Å²) in [4.78, 5) is 4.26. The van der Waals surface area contributed by atoms with Gasteiger partial charge in [0.2, 0.25) is 0 Å². The lowest BCUT2D eigenvalue weighted by Gasteiger charge is -2.08.